The second-order valence-corrected chi connectivity index (χ2v) is 8.69. The number of carbonyl (C=O) groups excluding carboxylic acids is 1. The molecule has 0 saturated carbocycles. The summed E-state index contributed by atoms with van der Waals surface area (Å²) in [7, 11) is 0. The topological polar surface area (TPSA) is 98.7 Å². The summed E-state index contributed by atoms with van der Waals surface area (Å²) in [6.07, 6.45) is 1.81. The molecule has 0 fully saturated rings. The molecule has 0 saturated heterocycles. The van der Waals surface area contributed by atoms with Gasteiger partial charge in [0.15, 0.2) is 5.43 Å². The standard InChI is InChI=1S/C27H23NO6/c1-15-3-8-22-20(11-15)26(31)21(14-33-22)19-13-24(30)34-23-12-16(2)28(27(32)25(19)23)10-9-17-4-6-18(29)7-5-17/h3-8,11-12,14,19,29H,9-10,13H2,1-2H3/t19-/m1/s1. The number of ether oxygens (including phenoxy) is 1. The molecule has 1 aliphatic rings. The molecule has 3 heterocycles. The number of hydrogen-bond donors (Lipinski definition) is 1. The van der Waals surface area contributed by atoms with Crippen LogP contribution < -0.4 is 15.7 Å². The van der Waals surface area contributed by atoms with Crippen LogP contribution in [0, 0.1) is 13.8 Å². The number of phenolic OH excluding ortho intramolecular Hbond substituents is 1. The number of pyridine rings is 1. The second kappa shape index (κ2) is 8.33. The van der Waals surface area contributed by atoms with E-state index in [0.717, 1.165) is 11.1 Å². The Morgan fingerprint density at radius 2 is 1.79 bits per heavy atom. The van der Waals surface area contributed by atoms with Gasteiger partial charge in [0.25, 0.3) is 5.56 Å². The van der Waals surface area contributed by atoms with Gasteiger partial charge in [0, 0.05) is 29.8 Å². The lowest BCUT2D eigenvalue weighted by molar-refractivity contribution is -0.135. The maximum atomic E-state index is 13.6. The van der Waals surface area contributed by atoms with E-state index in [9.17, 15) is 19.5 Å². The summed E-state index contributed by atoms with van der Waals surface area (Å²) >= 11 is 0. The third-order valence-corrected chi connectivity index (χ3v) is 6.34. The van der Waals surface area contributed by atoms with Crippen molar-refractivity contribution in [1.82, 2.24) is 4.57 Å². The molecule has 7 nitrogen and oxygen atoms in total. The number of carbonyl (C=O) groups is 1. The van der Waals surface area contributed by atoms with E-state index in [-0.39, 0.29) is 40.0 Å². The van der Waals surface area contributed by atoms with Crippen LogP contribution in [0.2, 0.25) is 0 Å². The number of aromatic nitrogens is 1. The number of aromatic hydroxyl groups is 1. The van der Waals surface area contributed by atoms with Crippen LogP contribution in [-0.2, 0) is 17.8 Å². The predicted molar refractivity (Wildman–Crippen MR) is 127 cm³/mol. The Bertz CT molecular complexity index is 1540. The maximum Gasteiger partial charge on any atom is 0.312 e. The first-order valence-corrected chi connectivity index (χ1v) is 11.1. The predicted octanol–water partition coefficient (Wildman–Crippen LogP) is 3.96. The molecule has 0 bridgehead atoms. The smallest absolute Gasteiger partial charge is 0.312 e. The van der Waals surface area contributed by atoms with E-state index in [1.54, 1.807) is 54.0 Å². The lowest BCUT2D eigenvalue weighted by Crippen LogP contribution is -2.35. The van der Waals surface area contributed by atoms with Crippen molar-refractivity contribution in [2.24, 2.45) is 0 Å². The molecule has 1 atom stereocenters. The highest BCUT2D eigenvalue weighted by atomic mass is 16.5. The Labute approximate surface area is 194 Å². The molecule has 2 aromatic heterocycles. The van der Waals surface area contributed by atoms with Gasteiger partial charge in [-0.1, -0.05) is 23.8 Å². The summed E-state index contributed by atoms with van der Waals surface area (Å²) in [5.74, 6) is -0.888. The molecule has 0 spiro atoms. The van der Waals surface area contributed by atoms with E-state index >= 15 is 0 Å². The Morgan fingerprint density at radius 1 is 1.03 bits per heavy atom. The maximum absolute atomic E-state index is 13.6. The molecular formula is C27H23NO6. The molecule has 0 unspecified atom stereocenters. The fourth-order valence-electron chi connectivity index (χ4n) is 4.54. The summed E-state index contributed by atoms with van der Waals surface area (Å²) in [6, 6.07) is 13.8. The number of aryl methyl sites for hydroxylation is 3. The normalized spacial score (nSPS) is 15.2. The van der Waals surface area contributed by atoms with Crippen molar-refractivity contribution in [2.45, 2.75) is 39.2 Å². The lowest BCUT2D eigenvalue weighted by atomic mass is 9.87. The van der Waals surface area contributed by atoms with Crippen LogP contribution in [0.15, 0.2) is 68.8 Å². The highest BCUT2D eigenvalue weighted by Crippen LogP contribution is 2.36. The first-order chi connectivity index (χ1) is 16.3. The first kappa shape index (κ1) is 21.7. The third kappa shape index (κ3) is 3.79. The number of nitrogens with zero attached hydrogens (tertiary/aromatic N) is 1. The third-order valence-electron chi connectivity index (χ3n) is 6.34. The average Bonchev–Trinajstić information content (AvgIpc) is 2.80. The van der Waals surface area contributed by atoms with Gasteiger partial charge in [-0.25, -0.2) is 0 Å². The van der Waals surface area contributed by atoms with E-state index < -0.39 is 11.9 Å². The SMILES string of the molecule is Cc1ccc2occ([C@H]3CC(=O)Oc4cc(C)n(CCc5ccc(O)cc5)c(=O)c43)c(=O)c2c1. The van der Waals surface area contributed by atoms with Crippen molar-refractivity contribution in [2.75, 3.05) is 0 Å². The summed E-state index contributed by atoms with van der Waals surface area (Å²) in [5.41, 5.74) is 2.98. The van der Waals surface area contributed by atoms with Gasteiger partial charge >= 0.3 is 5.97 Å². The Morgan fingerprint density at radius 3 is 2.56 bits per heavy atom. The second-order valence-electron chi connectivity index (χ2n) is 8.69. The number of rotatable bonds is 4. The largest absolute Gasteiger partial charge is 0.508 e. The molecule has 5 rings (SSSR count). The van der Waals surface area contributed by atoms with Gasteiger partial charge in [-0.2, -0.15) is 0 Å². The molecule has 2 aromatic carbocycles. The van der Waals surface area contributed by atoms with Gasteiger partial charge in [0.05, 0.1) is 23.6 Å². The minimum Gasteiger partial charge on any atom is -0.508 e. The molecule has 0 amide bonds. The van der Waals surface area contributed by atoms with Crippen molar-refractivity contribution < 1.29 is 19.1 Å². The molecule has 0 aliphatic carbocycles. The van der Waals surface area contributed by atoms with Crippen molar-refractivity contribution in [3.8, 4) is 11.5 Å². The van der Waals surface area contributed by atoms with Crippen molar-refractivity contribution >= 4 is 16.9 Å². The van der Waals surface area contributed by atoms with Gasteiger partial charge in [-0.05, 0) is 50.1 Å². The van der Waals surface area contributed by atoms with Crippen molar-refractivity contribution in [3.63, 3.8) is 0 Å². The zero-order chi connectivity index (χ0) is 24.0. The van der Waals surface area contributed by atoms with Crippen LogP contribution >= 0.6 is 0 Å². The van der Waals surface area contributed by atoms with Crippen LogP contribution in [-0.4, -0.2) is 15.6 Å². The highest BCUT2D eigenvalue weighted by Gasteiger charge is 2.34. The molecule has 0 radical (unpaired) electrons. The molecule has 1 N–H and O–H groups in total. The number of fused-ring (bicyclic) bond motifs is 2. The Hall–Kier alpha value is -4.13. The first-order valence-electron chi connectivity index (χ1n) is 11.1. The molecule has 4 aromatic rings. The number of hydrogen-bond acceptors (Lipinski definition) is 6. The lowest BCUT2D eigenvalue weighted by Gasteiger charge is -2.25. The molecule has 1 aliphatic heterocycles. The summed E-state index contributed by atoms with van der Waals surface area (Å²) in [5, 5.41) is 9.91. The Kier molecular flexibility index (Phi) is 5.32. The molecule has 172 valence electrons. The number of benzene rings is 2. The monoisotopic (exact) mass is 457 g/mol. The Balaban J connectivity index is 1.61. The van der Waals surface area contributed by atoms with Crippen LogP contribution in [0.3, 0.4) is 0 Å². The van der Waals surface area contributed by atoms with E-state index in [2.05, 4.69) is 0 Å². The minimum absolute atomic E-state index is 0.120. The van der Waals surface area contributed by atoms with Crippen LogP contribution in [0.4, 0.5) is 0 Å². The molecule has 34 heavy (non-hydrogen) atoms. The quantitative estimate of drug-likeness (QED) is 0.466. The van der Waals surface area contributed by atoms with Gasteiger partial charge in [-0.15, -0.1) is 0 Å². The zero-order valence-electron chi connectivity index (χ0n) is 18.8. The fourth-order valence-corrected chi connectivity index (χ4v) is 4.54. The zero-order valence-corrected chi connectivity index (χ0v) is 18.8. The van der Waals surface area contributed by atoms with Crippen molar-refractivity contribution in [1.29, 1.82) is 0 Å². The van der Waals surface area contributed by atoms with Gasteiger partial charge in [0.2, 0.25) is 0 Å². The summed E-state index contributed by atoms with van der Waals surface area (Å²) in [6.45, 7) is 4.06. The minimum atomic E-state index is -0.759. The number of phenols is 1. The molecular weight excluding hydrogens is 434 g/mol. The fraction of sp³-hybridized carbons (Fsp3) is 0.222. The summed E-state index contributed by atoms with van der Waals surface area (Å²) in [4.78, 5) is 39.4. The van der Waals surface area contributed by atoms with Gasteiger partial charge in [0.1, 0.15) is 17.1 Å². The van der Waals surface area contributed by atoms with E-state index in [1.165, 1.54) is 6.26 Å². The average molecular weight is 457 g/mol. The van der Waals surface area contributed by atoms with Crippen molar-refractivity contribution in [3.05, 3.63) is 103 Å². The highest BCUT2D eigenvalue weighted by molar-refractivity contribution is 5.80. The van der Waals surface area contributed by atoms with E-state index in [1.807, 2.05) is 13.0 Å². The van der Waals surface area contributed by atoms with Gasteiger partial charge < -0.3 is 18.8 Å². The summed E-state index contributed by atoms with van der Waals surface area (Å²) < 4.78 is 12.7. The molecule has 7 heteroatoms. The van der Waals surface area contributed by atoms with E-state index in [0.29, 0.717) is 29.6 Å². The van der Waals surface area contributed by atoms with Crippen LogP contribution in [0.25, 0.3) is 11.0 Å². The van der Waals surface area contributed by atoms with Crippen LogP contribution in [0.5, 0.6) is 11.5 Å². The van der Waals surface area contributed by atoms with Crippen LogP contribution in [0.1, 0.15) is 40.3 Å². The van der Waals surface area contributed by atoms with Gasteiger partial charge in [-0.3, -0.25) is 14.4 Å². The number of esters is 1. The van der Waals surface area contributed by atoms with E-state index in [4.69, 9.17) is 9.15 Å².